The molecule has 1 aliphatic rings. The maximum absolute atomic E-state index is 12.6. The number of benzene rings is 1. The predicted octanol–water partition coefficient (Wildman–Crippen LogP) is 1.91. The first-order valence-corrected chi connectivity index (χ1v) is 9.01. The van der Waals surface area contributed by atoms with Gasteiger partial charge >= 0.3 is 0 Å². The van der Waals surface area contributed by atoms with Crippen molar-refractivity contribution in [2.24, 2.45) is 0 Å². The number of rotatable bonds is 6. The molecule has 1 N–H and O–H groups in total. The lowest BCUT2D eigenvalue weighted by molar-refractivity contribution is 0.101. The SMILES string of the molecule is CCn1ccnc1C(=O)Nc1cc(CN2CCN(C)CC2)ccc1OC. The molecule has 1 aromatic heterocycles. The number of ether oxygens (including phenoxy) is 1. The van der Waals surface area contributed by atoms with Gasteiger partial charge in [-0.15, -0.1) is 0 Å². The van der Waals surface area contributed by atoms with Crippen molar-refractivity contribution >= 4 is 11.6 Å². The molecule has 3 rings (SSSR count). The van der Waals surface area contributed by atoms with Crippen molar-refractivity contribution in [3.8, 4) is 5.75 Å². The Labute approximate surface area is 154 Å². The Morgan fingerprint density at radius 3 is 2.73 bits per heavy atom. The van der Waals surface area contributed by atoms with Gasteiger partial charge in [0.15, 0.2) is 5.82 Å². The molecule has 7 nitrogen and oxygen atoms in total. The largest absolute Gasteiger partial charge is 0.495 e. The second-order valence-corrected chi connectivity index (χ2v) is 6.61. The highest BCUT2D eigenvalue weighted by atomic mass is 16.5. The Bertz CT molecular complexity index is 750. The van der Waals surface area contributed by atoms with Crippen molar-refractivity contribution in [1.29, 1.82) is 0 Å². The number of carbonyl (C=O) groups excluding carboxylic acids is 1. The molecule has 26 heavy (non-hydrogen) atoms. The number of nitrogens with one attached hydrogen (secondary N) is 1. The smallest absolute Gasteiger partial charge is 0.291 e. The van der Waals surface area contributed by atoms with Gasteiger partial charge in [0.2, 0.25) is 0 Å². The summed E-state index contributed by atoms with van der Waals surface area (Å²) in [6.45, 7) is 7.82. The summed E-state index contributed by atoms with van der Waals surface area (Å²) in [5.74, 6) is 0.820. The molecule has 0 atom stereocenters. The highest BCUT2D eigenvalue weighted by Crippen LogP contribution is 2.26. The minimum atomic E-state index is -0.230. The van der Waals surface area contributed by atoms with E-state index in [-0.39, 0.29) is 5.91 Å². The van der Waals surface area contributed by atoms with E-state index in [0.29, 0.717) is 23.8 Å². The van der Waals surface area contributed by atoms with Crippen molar-refractivity contribution in [2.45, 2.75) is 20.0 Å². The van der Waals surface area contributed by atoms with Gasteiger partial charge < -0.3 is 19.5 Å². The third-order valence-electron chi connectivity index (χ3n) is 4.77. The summed E-state index contributed by atoms with van der Waals surface area (Å²) in [5.41, 5.74) is 1.83. The van der Waals surface area contributed by atoms with Gasteiger partial charge in [0.25, 0.3) is 5.91 Å². The number of nitrogens with zero attached hydrogens (tertiary/aromatic N) is 4. The highest BCUT2D eigenvalue weighted by Gasteiger charge is 2.17. The maximum Gasteiger partial charge on any atom is 0.291 e. The normalized spacial score (nSPS) is 15.8. The van der Waals surface area contributed by atoms with Crippen LogP contribution in [-0.2, 0) is 13.1 Å². The number of carbonyl (C=O) groups is 1. The third-order valence-corrected chi connectivity index (χ3v) is 4.77. The van der Waals surface area contributed by atoms with Crippen LogP contribution in [0.1, 0.15) is 23.1 Å². The monoisotopic (exact) mass is 357 g/mol. The van der Waals surface area contributed by atoms with Gasteiger partial charge in [-0.2, -0.15) is 0 Å². The van der Waals surface area contributed by atoms with Gasteiger partial charge in [-0.1, -0.05) is 6.07 Å². The first-order valence-electron chi connectivity index (χ1n) is 9.01. The van der Waals surface area contributed by atoms with Crippen molar-refractivity contribution in [3.05, 3.63) is 42.0 Å². The van der Waals surface area contributed by atoms with Crippen molar-refractivity contribution in [3.63, 3.8) is 0 Å². The predicted molar refractivity (Wildman–Crippen MR) is 102 cm³/mol. The zero-order valence-corrected chi connectivity index (χ0v) is 15.7. The summed E-state index contributed by atoms with van der Waals surface area (Å²) in [6, 6.07) is 5.96. The third kappa shape index (κ3) is 4.23. The Balaban J connectivity index is 1.74. The summed E-state index contributed by atoms with van der Waals surface area (Å²) >= 11 is 0. The number of piperazine rings is 1. The summed E-state index contributed by atoms with van der Waals surface area (Å²) in [6.07, 6.45) is 3.44. The molecule has 1 saturated heterocycles. The van der Waals surface area contributed by atoms with E-state index in [1.165, 1.54) is 0 Å². The summed E-state index contributed by atoms with van der Waals surface area (Å²) in [7, 11) is 3.76. The molecule has 2 aromatic rings. The summed E-state index contributed by atoms with van der Waals surface area (Å²) in [5, 5.41) is 2.95. The standard InChI is InChI=1S/C19H27N5O2/c1-4-24-8-7-20-18(24)19(25)21-16-13-15(5-6-17(16)26-3)14-23-11-9-22(2)10-12-23/h5-8,13H,4,9-12,14H2,1-3H3,(H,21,25). The average molecular weight is 357 g/mol. The van der Waals surface area contributed by atoms with E-state index in [4.69, 9.17) is 4.74 Å². The van der Waals surface area contributed by atoms with E-state index in [2.05, 4.69) is 33.2 Å². The van der Waals surface area contributed by atoms with Crippen LogP contribution < -0.4 is 10.1 Å². The fourth-order valence-electron chi connectivity index (χ4n) is 3.17. The van der Waals surface area contributed by atoms with Crippen LogP contribution in [0, 0.1) is 0 Å². The number of hydrogen-bond donors (Lipinski definition) is 1. The van der Waals surface area contributed by atoms with E-state index in [1.807, 2.05) is 23.6 Å². The van der Waals surface area contributed by atoms with Gasteiger partial charge in [0.1, 0.15) is 5.75 Å². The van der Waals surface area contributed by atoms with Crippen LogP contribution in [0.4, 0.5) is 5.69 Å². The Morgan fingerprint density at radius 2 is 2.04 bits per heavy atom. The maximum atomic E-state index is 12.6. The Kier molecular flexibility index (Phi) is 5.90. The molecule has 1 aromatic carbocycles. The van der Waals surface area contributed by atoms with Crippen molar-refractivity contribution in [2.75, 3.05) is 45.7 Å². The van der Waals surface area contributed by atoms with Gasteiger partial charge in [-0.3, -0.25) is 9.69 Å². The van der Waals surface area contributed by atoms with Crippen LogP contribution in [0.2, 0.25) is 0 Å². The van der Waals surface area contributed by atoms with Crippen LogP contribution in [0.15, 0.2) is 30.6 Å². The van der Waals surface area contributed by atoms with E-state index in [9.17, 15) is 4.79 Å². The van der Waals surface area contributed by atoms with Crippen molar-refractivity contribution < 1.29 is 9.53 Å². The number of aryl methyl sites for hydroxylation is 1. The second-order valence-electron chi connectivity index (χ2n) is 6.61. The quantitative estimate of drug-likeness (QED) is 0.856. The first kappa shape index (κ1) is 18.4. The molecular formula is C19H27N5O2. The fraction of sp³-hybridized carbons (Fsp3) is 0.474. The summed E-state index contributed by atoms with van der Waals surface area (Å²) < 4.78 is 7.23. The van der Waals surface area contributed by atoms with E-state index in [0.717, 1.165) is 38.3 Å². The van der Waals surface area contributed by atoms with Crippen LogP contribution in [-0.4, -0.2) is 65.6 Å². The molecular weight excluding hydrogens is 330 g/mol. The number of aromatic nitrogens is 2. The number of anilines is 1. The van der Waals surface area contributed by atoms with E-state index < -0.39 is 0 Å². The lowest BCUT2D eigenvalue weighted by Crippen LogP contribution is -2.43. The zero-order chi connectivity index (χ0) is 18.5. The Morgan fingerprint density at radius 1 is 1.27 bits per heavy atom. The van der Waals surface area contributed by atoms with E-state index in [1.54, 1.807) is 19.5 Å². The number of hydrogen-bond acceptors (Lipinski definition) is 5. The molecule has 7 heteroatoms. The van der Waals surface area contributed by atoms with Crippen molar-refractivity contribution in [1.82, 2.24) is 19.4 Å². The number of likely N-dealkylation sites (N-methyl/N-ethyl adjacent to an activating group) is 1. The van der Waals surface area contributed by atoms with Crippen LogP contribution in [0.25, 0.3) is 0 Å². The molecule has 0 aliphatic carbocycles. The molecule has 1 aliphatic heterocycles. The lowest BCUT2D eigenvalue weighted by Gasteiger charge is -2.32. The van der Waals surface area contributed by atoms with Crippen LogP contribution in [0.5, 0.6) is 5.75 Å². The molecule has 0 radical (unpaired) electrons. The zero-order valence-electron chi connectivity index (χ0n) is 15.7. The van der Waals surface area contributed by atoms with Gasteiger partial charge in [-0.05, 0) is 31.7 Å². The van der Waals surface area contributed by atoms with E-state index >= 15 is 0 Å². The number of amides is 1. The molecule has 140 valence electrons. The molecule has 2 heterocycles. The van der Waals surface area contributed by atoms with Crippen LogP contribution >= 0.6 is 0 Å². The van der Waals surface area contributed by atoms with Gasteiger partial charge in [-0.25, -0.2) is 4.98 Å². The first-order chi connectivity index (χ1) is 12.6. The molecule has 0 unspecified atom stereocenters. The minimum absolute atomic E-state index is 0.230. The number of imidazole rings is 1. The minimum Gasteiger partial charge on any atom is -0.495 e. The molecule has 0 saturated carbocycles. The second kappa shape index (κ2) is 8.33. The average Bonchev–Trinajstić information content (AvgIpc) is 3.13. The molecule has 1 amide bonds. The topological polar surface area (TPSA) is 62.6 Å². The highest BCUT2D eigenvalue weighted by molar-refractivity contribution is 6.02. The lowest BCUT2D eigenvalue weighted by atomic mass is 10.1. The molecule has 0 spiro atoms. The fourth-order valence-corrected chi connectivity index (χ4v) is 3.17. The van der Waals surface area contributed by atoms with Gasteiger partial charge in [0.05, 0.1) is 12.8 Å². The Hall–Kier alpha value is -2.38. The molecule has 0 bridgehead atoms. The van der Waals surface area contributed by atoms with Crippen LogP contribution in [0.3, 0.4) is 0 Å². The number of methoxy groups -OCH3 is 1. The molecule has 1 fully saturated rings. The summed E-state index contributed by atoms with van der Waals surface area (Å²) in [4.78, 5) is 21.5. The van der Waals surface area contributed by atoms with Gasteiger partial charge in [0, 0.05) is 51.7 Å².